The summed E-state index contributed by atoms with van der Waals surface area (Å²) in [5.41, 5.74) is 14.6. The molecule has 5 aromatic carbocycles. The van der Waals surface area contributed by atoms with Crippen LogP contribution in [-0.4, -0.2) is 14.5 Å². The number of benzene rings is 5. The standard InChI is InChI=1S/C43H29N3O/c1-43(2)36-16-15-30(23-35(36)42-37(43)10-7-19-45-42)46-38-11-5-3-8-31(38)33-21-26(13-17-39(33)46)28-20-29(25-44-24-28)27-14-18-41-34(22-27)32-9-4-6-12-40(32)47-41/h3-25H,1-2H3. The van der Waals surface area contributed by atoms with Crippen LogP contribution < -0.4 is 0 Å². The minimum absolute atomic E-state index is 0.0756. The first-order chi connectivity index (χ1) is 23.0. The van der Waals surface area contributed by atoms with Gasteiger partial charge in [0.1, 0.15) is 11.2 Å². The SMILES string of the molecule is CC1(C)c2ccc(-n3c4ccccc4c4cc(-c5cncc(-c6ccc7oc8ccccc8c7c6)c5)ccc43)cc2-c2ncccc21. The first-order valence-electron chi connectivity index (χ1n) is 16.1. The van der Waals surface area contributed by atoms with E-state index < -0.39 is 0 Å². The summed E-state index contributed by atoms with van der Waals surface area (Å²) in [5, 5.41) is 4.69. The van der Waals surface area contributed by atoms with Crippen molar-refractivity contribution < 1.29 is 4.42 Å². The number of rotatable bonds is 3. The number of fused-ring (bicyclic) bond motifs is 9. The molecular formula is C43H29N3O. The van der Waals surface area contributed by atoms with E-state index in [4.69, 9.17) is 14.4 Å². The highest BCUT2D eigenvalue weighted by molar-refractivity contribution is 6.11. The van der Waals surface area contributed by atoms with Gasteiger partial charge in [0, 0.05) is 67.9 Å². The fourth-order valence-corrected chi connectivity index (χ4v) is 7.77. The van der Waals surface area contributed by atoms with Crippen LogP contribution in [0.15, 0.2) is 144 Å². The van der Waals surface area contributed by atoms with Crippen LogP contribution in [0.3, 0.4) is 0 Å². The van der Waals surface area contributed by atoms with E-state index >= 15 is 0 Å². The third kappa shape index (κ3) is 3.76. The Morgan fingerprint density at radius 3 is 2.15 bits per heavy atom. The van der Waals surface area contributed by atoms with Crippen molar-refractivity contribution in [3.8, 4) is 39.2 Å². The van der Waals surface area contributed by atoms with Gasteiger partial charge >= 0.3 is 0 Å². The molecule has 1 aliphatic rings. The van der Waals surface area contributed by atoms with Gasteiger partial charge in [0.25, 0.3) is 0 Å². The molecule has 4 heterocycles. The van der Waals surface area contributed by atoms with Crippen LogP contribution in [0.5, 0.6) is 0 Å². The highest BCUT2D eigenvalue weighted by Crippen LogP contribution is 2.48. The van der Waals surface area contributed by atoms with Crippen molar-refractivity contribution >= 4 is 43.7 Å². The Labute approximate surface area is 271 Å². The van der Waals surface area contributed by atoms with Crippen LogP contribution >= 0.6 is 0 Å². The summed E-state index contributed by atoms with van der Waals surface area (Å²) in [6.07, 6.45) is 5.81. The van der Waals surface area contributed by atoms with Crippen LogP contribution in [0.4, 0.5) is 0 Å². The number of furan rings is 1. The molecule has 0 aliphatic heterocycles. The highest BCUT2D eigenvalue weighted by atomic mass is 16.3. The maximum Gasteiger partial charge on any atom is 0.135 e. The largest absolute Gasteiger partial charge is 0.456 e. The average molecular weight is 604 g/mol. The number of hydrogen-bond donors (Lipinski definition) is 0. The van der Waals surface area contributed by atoms with E-state index in [-0.39, 0.29) is 5.41 Å². The molecule has 0 saturated carbocycles. The molecule has 0 unspecified atom stereocenters. The lowest BCUT2D eigenvalue weighted by Crippen LogP contribution is -2.15. The topological polar surface area (TPSA) is 43.9 Å². The van der Waals surface area contributed by atoms with Crippen LogP contribution in [0, 0.1) is 0 Å². The van der Waals surface area contributed by atoms with Crippen molar-refractivity contribution in [1.29, 1.82) is 0 Å². The molecule has 0 radical (unpaired) electrons. The Morgan fingerprint density at radius 1 is 0.553 bits per heavy atom. The molecule has 1 aliphatic carbocycles. The predicted molar refractivity (Wildman–Crippen MR) is 192 cm³/mol. The van der Waals surface area contributed by atoms with Gasteiger partial charge in [0.05, 0.1) is 16.7 Å². The number of pyridine rings is 2. The molecule has 4 nitrogen and oxygen atoms in total. The van der Waals surface area contributed by atoms with Gasteiger partial charge in [0.2, 0.25) is 0 Å². The Morgan fingerprint density at radius 2 is 1.28 bits per heavy atom. The zero-order chi connectivity index (χ0) is 31.3. The first-order valence-corrected chi connectivity index (χ1v) is 16.1. The summed E-state index contributed by atoms with van der Waals surface area (Å²) >= 11 is 0. The molecule has 0 N–H and O–H groups in total. The zero-order valence-electron chi connectivity index (χ0n) is 26.0. The monoisotopic (exact) mass is 603 g/mol. The molecule has 222 valence electrons. The molecular weight excluding hydrogens is 574 g/mol. The minimum atomic E-state index is -0.0756. The van der Waals surface area contributed by atoms with Crippen LogP contribution in [0.1, 0.15) is 25.0 Å². The van der Waals surface area contributed by atoms with Gasteiger partial charge < -0.3 is 8.98 Å². The Balaban J connectivity index is 1.11. The number of nitrogens with zero attached hydrogens (tertiary/aromatic N) is 3. The molecule has 0 spiro atoms. The summed E-state index contributed by atoms with van der Waals surface area (Å²) in [7, 11) is 0. The molecule has 47 heavy (non-hydrogen) atoms. The van der Waals surface area contributed by atoms with E-state index in [2.05, 4.69) is 122 Å². The van der Waals surface area contributed by atoms with Crippen molar-refractivity contribution in [1.82, 2.24) is 14.5 Å². The summed E-state index contributed by atoms with van der Waals surface area (Å²) in [6, 6.07) is 43.5. The van der Waals surface area contributed by atoms with Crippen molar-refractivity contribution in [2.45, 2.75) is 19.3 Å². The Kier molecular flexibility index (Phi) is 5.31. The summed E-state index contributed by atoms with van der Waals surface area (Å²) in [4.78, 5) is 9.51. The van der Waals surface area contributed by atoms with Gasteiger partial charge in [-0.15, -0.1) is 0 Å². The molecule has 0 bridgehead atoms. The highest BCUT2D eigenvalue weighted by Gasteiger charge is 2.36. The van der Waals surface area contributed by atoms with Crippen LogP contribution in [0.25, 0.3) is 82.9 Å². The quantitative estimate of drug-likeness (QED) is 0.202. The fraction of sp³-hybridized carbons (Fsp3) is 0.0698. The second-order valence-corrected chi connectivity index (χ2v) is 13.1. The Hall–Kier alpha value is -6.00. The average Bonchev–Trinajstić information content (AvgIpc) is 3.73. The normalized spacial score (nSPS) is 13.5. The molecule has 0 saturated heterocycles. The van der Waals surface area contributed by atoms with Crippen molar-refractivity contribution in [2.75, 3.05) is 0 Å². The van der Waals surface area contributed by atoms with E-state index in [0.717, 1.165) is 55.6 Å². The first kappa shape index (κ1) is 26.2. The number of aromatic nitrogens is 3. The van der Waals surface area contributed by atoms with E-state index in [9.17, 15) is 0 Å². The van der Waals surface area contributed by atoms with E-state index in [1.807, 2.05) is 36.8 Å². The zero-order valence-corrected chi connectivity index (χ0v) is 26.0. The third-order valence-electron chi connectivity index (χ3n) is 10.1. The van der Waals surface area contributed by atoms with Crippen LogP contribution in [-0.2, 0) is 5.41 Å². The summed E-state index contributed by atoms with van der Waals surface area (Å²) < 4.78 is 8.46. The van der Waals surface area contributed by atoms with Gasteiger partial charge in [-0.25, -0.2) is 0 Å². The van der Waals surface area contributed by atoms with E-state index in [0.29, 0.717) is 0 Å². The summed E-state index contributed by atoms with van der Waals surface area (Å²) in [6.45, 7) is 4.59. The van der Waals surface area contributed by atoms with Gasteiger partial charge in [-0.3, -0.25) is 9.97 Å². The van der Waals surface area contributed by atoms with E-state index in [1.165, 1.54) is 38.5 Å². The van der Waals surface area contributed by atoms with Gasteiger partial charge in [-0.1, -0.05) is 74.5 Å². The van der Waals surface area contributed by atoms with Gasteiger partial charge in [-0.2, -0.15) is 0 Å². The molecule has 0 fully saturated rings. The second kappa shape index (κ2) is 9.51. The molecule has 0 amide bonds. The lowest BCUT2D eigenvalue weighted by Gasteiger charge is -2.21. The fourth-order valence-electron chi connectivity index (χ4n) is 7.77. The number of para-hydroxylation sites is 2. The summed E-state index contributed by atoms with van der Waals surface area (Å²) in [5.74, 6) is 0. The third-order valence-corrected chi connectivity index (χ3v) is 10.1. The predicted octanol–water partition coefficient (Wildman–Crippen LogP) is 11.1. The van der Waals surface area contributed by atoms with Crippen molar-refractivity contribution in [2.24, 2.45) is 0 Å². The van der Waals surface area contributed by atoms with E-state index in [1.54, 1.807) is 0 Å². The molecule has 0 atom stereocenters. The van der Waals surface area contributed by atoms with Gasteiger partial charge in [-0.05, 0) is 82.9 Å². The number of hydrogen-bond acceptors (Lipinski definition) is 3. The minimum Gasteiger partial charge on any atom is -0.456 e. The molecule has 4 heteroatoms. The Bertz CT molecular complexity index is 2730. The van der Waals surface area contributed by atoms with Gasteiger partial charge in [0.15, 0.2) is 0 Å². The molecule has 10 rings (SSSR count). The van der Waals surface area contributed by atoms with Crippen LogP contribution in [0.2, 0.25) is 0 Å². The molecule has 9 aromatic rings. The lowest BCUT2D eigenvalue weighted by atomic mass is 9.83. The smallest absolute Gasteiger partial charge is 0.135 e. The maximum atomic E-state index is 6.07. The van der Waals surface area contributed by atoms with Crippen molar-refractivity contribution in [3.63, 3.8) is 0 Å². The van der Waals surface area contributed by atoms with Crippen molar-refractivity contribution in [3.05, 3.63) is 151 Å². The lowest BCUT2D eigenvalue weighted by molar-refractivity contribution is 0.659. The maximum absolute atomic E-state index is 6.07. The second-order valence-electron chi connectivity index (χ2n) is 13.1. The molecule has 4 aromatic heterocycles.